The van der Waals surface area contributed by atoms with E-state index in [4.69, 9.17) is 14.2 Å². The number of para-hydroxylation sites is 2. The molecule has 28 heavy (non-hydrogen) atoms. The SMILES string of the molecule is COc1ccccc1NC(=O)[C@H](C)N(c1ccc2c(c1)OCCO2)S(C)(=O)=O. The van der Waals surface area contributed by atoms with Crippen LogP contribution in [-0.4, -0.2) is 46.9 Å². The third kappa shape index (κ3) is 4.14. The molecule has 0 spiro atoms. The summed E-state index contributed by atoms with van der Waals surface area (Å²) in [7, 11) is -2.26. The second-order valence-corrected chi connectivity index (χ2v) is 8.11. The number of fused-ring (bicyclic) bond motifs is 1. The normalized spacial score (nSPS) is 14.1. The van der Waals surface area contributed by atoms with E-state index in [1.807, 2.05) is 0 Å². The van der Waals surface area contributed by atoms with Crippen LogP contribution in [0.4, 0.5) is 11.4 Å². The molecule has 0 aliphatic carbocycles. The fraction of sp³-hybridized carbons (Fsp3) is 0.316. The minimum atomic E-state index is -3.75. The highest BCUT2D eigenvalue weighted by molar-refractivity contribution is 7.92. The predicted molar refractivity (Wildman–Crippen MR) is 106 cm³/mol. The van der Waals surface area contributed by atoms with Crippen LogP contribution in [0.2, 0.25) is 0 Å². The third-order valence-electron chi connectivity index (χ3n) is 4.23. The number of benzene rings is 2. The summed E-state index contributed by atoms with van der Waals surface area (Å²) in [5, 5.41) is 2.72. The van der Waals surface area contributed by atoms with Gasteiger partial charge in [-0.2, -0.15) is 0 Å². The Balaban J connectivity index is 1.90. The second-order valence-electron chi connectivity index (χ2n) is 6.25. The monoisotopic (exact) mass is 406 g/mol. The van der Waals surface area contributed by atoms with Crippen LogP contribution in [0.25, 0.3) is 0 Å². The van der Waals surface area contributed by atoms with Gasteiger partial charge in [-0.3, -0.25) is 9.10 Å². The van der Waals surface area contributed by atoms with Crippen LogP contribution in [0.5, 0.6) is 17.2 Å². The second kappa shape index (κ2) is 7.97. The minimum absolute atomic E-state index is 0.314. The van der Waals surface area contributed by atoms with Crippen LogP contribution >= 0.6 is 0 Å². The van der Waals surface area contributed by atoms with Gasteiger partial charge in [-0.1, -0.05) is 12.1 Å². The number of sulfonamides is 1. The molecule has 0 fully saturated rings. The Hall–Kier alpha value is -2.94. The molecule has 1 aliphatic heterocycles. The molecule has 150 valence electrons. The van der Waals surface area contributed by atoms with Gasteiger partial charge in [0.05, 0.1) is 24.7 Å². The van der Waals surface area contributed by atoms with Gasteiger partial charge in [0.15, 0.2) is 11.5 Å². The number of hydrogen-bond donors (Lipinski definition) is 1. The Labute approximate surface area is 164 Å². The number of nitrogens with one attached hydrogen (secondary N) is 1. The topological polar surface area (TPSA) is 94.2 Å². The smallest absolute Gasteiger partial charge is 0.248 e. The Kier molecular flexibility index (Phi) is 5.64. The van der Waals surface area contributed by atoms with Crippen molar-refractivity contribution in [2.75, 3.05) is 36.2 Å². The van der Waals surface area contributed by atoms with E-state index in [2.05, 4.69) is 5.32 Å². The maximum absolute atomic E-state index is 12.8. The van der Waals surface area contributed by atoms with E-state index in [0.29, 0.717) is 41.8 Å². The van der Waals surface area contributed by atoms with Gasteiger partial charge in [-0.25, -0.2) is 8.42 Å². The average Bonchev–Trinajstić information content (AvgIpc) is 2.67. The average molecular weight is 406 g/mol. The van der Waals surface area contributed by atoms with E-state index in [1.54, 1.807) is 42.5 Å². The Bertz CT molecular complexity index is 976. The van der Waals surface area contributed by atoms with Gasteiger partial charge in [0.2, 0.25) is 15.9 Å². The molecule has 1 aliphatic rings. The molecule has 3 rings (SSSR count). The molecular weight excluding hydrogens is 384 g/mol. The number of anilines is 2. The van der Waals surface area contributed by atoms with Crippen molar-refractivity contribution >= 4 is 27.3 Å². The van der Waals surface area contributed by atoms with Gasteiger partial charge in [-0.05, 0) is 31.2 Å². The summed E-state index contributed by atoms with van der Waals surface area (Å²) >= 11 is 0. The number of amides is 1. The highest BCUT2D eigenvalue weighted by Gasteiger charge is 2.30. The maximum atomic E-state index is 12.8. The van der Waals surface area contributed by atoms with Gasteiger partial charge in [-0.15, -0.1) is 0 Å². The molecule has 1 N–H and O–H groups in total. The van der Waals surface area contributed by atoms with Crippen molar-refractivity contribution < 1.29 is 27.4 Å². The van der Waals surface area contributed by atoms with Crippen molar-refractivity contribution in [3.63, 3.8) is 0 Å². The summed E-state index contributed by atoms with van der Waals surface area (Å²) in [6.07, 6.45) is 1.05. The number of methoxy groups -OCH3 is 1. The Morgan fingerprint density at radius 1 is 1.14 bits per heavy atom. The van der Waals surface area contributed by atoms with Crippen molar-refractivity contribution in [3.8, 4) is 17.2 Å². The summed E-state index contributed by atoms with van der Waals surface area (Å²) in [4.78, 5) is 12.8. The molecule has 0 radical (unpaired) electrons. The van der Waals surface area contributed by atoms with Gasteiger partial charge in [0, 0.05) is 6.07 Å². The number of rotatable bonds is 6. The maximum Gasteiger partial charge on any atom is 0.248 e. The highest BCUT2D eigenvalue weighted by Crippen LogP contribution is 2.35. The van der Waals surface area contributed by atoms with Crippen LogP contribution < -0.4 is 23.8 Å². The fourth-order valence-electron chi connectivity index (χ4n) is 2.96. The molecule has 2 aromatic rings. The van der Waals surface area contributed by atoms with Gasteiger partial charge in [0.1, 0.15) is 25.0 Å². The lowest BCUT2D eigenvalue weighted by atomic mass is 10.2. The molecule has 1 atom stereocenters. The van der Waals surface area contributed by atoms with E-state index in [0.717, 1.165) is 10.6 Å². The summed E-state index contributed by atoms with van der Waals surface area (Å²) in [5.41, 5.74) is 0.770. The molecule has 9 heteroatoms. The number of carbonyl (C=O) groups is 1. The standard InChI is InChI=1S/C19H22N2O6S/c1-13(19(22)20-15-6-4-5-7-16(15)25-2)21(28(3,23)24)14-8-9-17-18(12-14)27-11-10-26-17/h4-9,12-13H,10-11H2,1-3H3,(H,20,22)/t13-/m0/s1. The molecule has 0 saturated heterocycles. The first-order chi connectivity index (χ1) is 13.3. The van der Waals surface area contributed by atoms with Crippen LogP contribution in [0.3, 0.4) is 0 Å². The minimum Gasteiger partial charge on any atom is -0.495 e. The van der Waals surface area contributed by atoms with Crippen molar-refractivity contribution in [2.24, 2.45) is 0 Å². The lowest BCUT2D eigenvalue weighted by Crippen LogP contribution is -2.45. The van der Waals surface area contributed by atoms with E-state index in [-0.39, 0.29) is 0 Å². The molecule has 2 aromatic carbocycles. The van der Waals surface area contributed by atoms with Gasteiger partial charge < -0.3 is 19.5 Å². The quantitative estimate of drug-likeness (QED) is 0.791. The van der Waals surface area contributed by atoms with Crippen LogP contribution in [-0.2, 0) is 14.8 Å². The number of nitrogens with zero attached hydrogens (tertiary/aromatic N) is 1. The van der Waals surface area contributed by atoms with E-state index in [1.165, 1.54) is 14.0 Å². The van der Waals surface area contributed by atoms with Crippen molar-refractivity contribution in [3.05, 3.63) is 42.5 Å². The lowest BCUT2D eigenvalue weighted by molar-refractivity contribution is -0.116. The zero-order chi connectivity index (χ0) is 20.3. The van der Waals surface area contributed by atoms with Crippen LogP contribution in [0.1, 0.15) is 6.92 Å². The summed E-state index contributed by atoms with van der Waals surface area (Å²) in [6.45, 7) is 2.32. The summed E-state index contributed by atoms with van der Waals surface area (Å²) < 4.78 is 42.2. The molecule has 0 unspecified atom stereocenters. The Morgan fingerprint density at radius 3 is 2.50 bits per heavy atom. The fourth-order valence-corrected chi connectivity index (χ4v) is 4.13. The zero-order valence-electron chi connectivity index (χ0n) is 15.8. The summed E-state index contributed by atoms with van der Waals surface area (Å²) in [5.74, 6) is 0.961. The molecule has 1 amide bonds. The number of carbonyl (C=O) groups excluding carboxylic acids is 1. The van der Waals surface area contributed by atoms with Gasteiger partial charge >= 0.3 is 0 Å². The highest BCUT2D eigenvalue weighted by atomic mass is 32.2. The Morgan fingerprint density at radius 2 is 1.82 bits per heavy atom. The summed E-state index contributed by atoms with van der Waals surface area (Å²) in [6, 6.07) is 10.7. The largest absolute Gasteiger partial charge is 0.495 e. The molecule has 0 aromatic heterocycles. The van der Waals surface area contributed by atoms with Crippen molar-refractivity contribution in [1.82, 2.24) is 0 Å². The molecule has 8 nitrogen and oxygen atoms in total. The lowest BCUT2D eigenvalue weighted by Gasteiger charge is -2.29. The molecule has 1 heterocycles. The molecule has 0 saturated carbocycles. The first-order valence-electron chi connectivity index (χ1n) is 8.64. The van der Waals surface area contributed by atoms with Crippen molar-refractivity contribution in [1.29, 1.82) is 0 Å². The molecule has 0 bridgehead atoms. The van der Waals surface area contributed by atoms with Crippen LogP contribution in [0.15, 0.2) is 42.5 Å². The van der Waals surface area contributed by atoms with Crippen molar-refractivity contribution in [2.45, 2.75) is 13.0 Å². The first kappa shape index (κ1) is 19.8. The zero-order valence-corrected chi connectivity index (χ0v) is 16.7. The molecular formula is C19H22N2O6S. The van der Waals surface area contributed by atoms with Gasteiger partial charge in [0.25, 0.3) is 0 Å². The third-order valence-corrected chi connectivity index (χ3v) is 5.48. The predicted octanol–water partition coefficient (Wildman–Crippen LogP) is 2.26. The van der Waals surface area contributed by atoms with E-state index >= 15 is 0 Å². The number of hydrogen-bond acceptors (Lipinski definition) is 6. The number of ether oxygens (including phenoxy) is 3. The first-order valence-corrected chi connectivity index (χ1v) is 10.5. The van der Waals surface area contributed by atoms with E-state index < -0.39 is 22.0 Å². The van der Waals surface area contributed by atoms with E-state index in [9.17, 15) is 13.2 Å². The van der Waals surface area contributed by atoms with Crippen LogP contribution in [0, 0.1) is 0 Å².